The van der Waals surface area contributed by atoms with Crippen LogP contribution in [-0.4, -0.2) is 96.7 Å². The Morgan fingerprint density at radius 3 is 0.856 bits per heavy atom. The SMILES string of the molecule is CC/C=C\C/C=C\C/C=C\C/C=C\C/C=C\CCCCCC(=O)OCC(COP(=O)(O)OCC(O)COP(=O)(O)OCC(COC(=O)CCC/C=C\C/C=C\C/C=C\C/C=C\C/C=C\CC)OC(=O)CCCCCCC/C=C\C/C=C\CCCCC)OC(=O)CCCCCCC/C=C\C/C=C\CCC. The van der Waals surface area contributed by atoms with Crippen molar-refractivity contribution >= 4 is 39.5 Å². The normalized spacial score (nSPS) is 14.8. The average molecular weight is 1490 g/mol. The minimum Gasteiger partial charge on any atom is -0.462 e. The van der Waals surface area contributed by atoms with Crippen LogP contribution in [0.5, 0.6) is 0 Å². The van der Waals surface area contributed by atoms with E-state index in [2.05, 4.69) is 186 Å². The van der Waals surface area contributed by atoms with Crippen molar-refractivity contribution < 1.29 is 80.2 Å². The number of esters is 4. The fraction of sp³-hybridized carbons (Fsp3) is 0.624. The molecule has 590 valence electrons. The lowest BCUT2D eigenvalue weighted by atomic mass is 10.1. The molecule has 0 saturated heterocycles. The van der Waals surface area contributed by atoms with Gasteiger partial charge in [0.15, 0.2) is 12.2 Å². The fourth-order valence-electron chi connectivity index (χ4n) is 9.70. The zero-order valence-electron chi connectivity index (χ0n) is 64.4. The molecule has 0 fully saturated rings. The van der Waals surface area contributed by atoms with Crippen LogP contribution in [-0.2, 0) is 65.4 Å². The molecule has 3 N–H and O–H groups in total. The van der Waals surface area contributed by atoms with Crippen molar-refractivity contribution in [3.63, 3.8) is 0 Å². The molecule has 0 bridgehead atoms. The molecule has 0 aliphatic heterocycles. The molecule has 104 heavy (non-hydrogen) atoms. The van der Waals surface area contributed by atoms with Crippen LogP contribution in [0.3, 0.4) is 0 Å². The minimum atomic E-state index is -5.00. The highest BCUT2D eigenvalue weighted by atomic mass is 31.2. The lowest BCUT2D eigenvalue weighted by Crippen LogP contribution is -2.30. The number of phosphoric ester groups is 2. The zero-order chi connectivity index (χ0) is 76.0. The first-order valence-electron chi connectivity index (χ1n) is 39.4. The van der Waals surface area contributed by atoms with E-state index in [1.807, 2.05) is 12.2 Å². The molecule has 0 aromatic carbocycles. The van der Waals surface area contributed by atoms with Crippen LogP contribution in [0.2, 0.25) is 0 Å². The van der Waals surface area contributed by atoms with Crippen LogP contribution < -0.4 is 0 Å². The van der Waals surface area contributed by atoms with E-state index in [-0.39, 0.29) is 25.7 Å². The van der Waals surface area contributed by atoms with Gasteiger partial charge in [-0.25, -0.2) is 9.13 Å². The molecule has 0 aliphatic carbocycles. The van der Waals surface area contributed by atoms with E-state index in [4.69, 9.17) is 37.0 Å². The summed E-state index contributed by atoms with van der Waals surface area (Å²) in [6, 6.07) is 0. The highest BCUT2D eigenvalue weighted by molar-refractivity contribution is 7.47. The van der Waals surface area contributed by atoms with Gasteiger partial charge in [0.2, 0.25) is 0 Å². The molecule has 0 radical (unpaired) electrons. The lowest BCUT2D eigenvalue weighted by Gasteiger charge is -2.21. The molecular weight excluding hydrogens is 1350 g/mol. The molecule has 5 unspecified atom stereocenters. The number of rotatable bonds is 72. The summed E-state index contributed by atoms with van der Waals surface area (Å²) in [6.07, 6.45) is 89.1. The number of phosphoric acid groups is 2. The van der Waals surface area contributed by atoms with E-state index < -0.39 is 97.5 Å². The van der Waals surface area contributed by atoms with Gasteiger partial charge in [0, 0.05) is 25.7 Å². The maximum Gasteiger partial charge on any atom is 0.472 e. The number of ether oxygens (including phenoxy) is 4. The number of carbonyl (C=O) groups excluding carboxylic acids is 4. The first-order chi connectivity index (χ1) is 50.7. The largest absolute Gasteiger partial charge is 0.472 e. The maximum atomic E-state index is 13.1. The van der Waals surface area contributed by atoms with Gasteiger partial charge in [-0.15, -0.1) is 0 Å². The van der Waals surface area contributed by atoms with Gasteiger partial charge in [0.1, 0.15) is 19.3 Å². The van der Waals surface area contributed by atoms with Gasteiger partial charge in [-0.2, -0.15) is 0 Å². The molecular formula is C85H138O17P2. The fourth-order valence-corrected chi connectivity index (χ4v) is 11.3. The Morgan fingerprint density at radius 2 is 0.529 bits per heavy atom. The van der Waals surface area contributed by atoms with Gasteiger partial charge in [-0.1, -0.05) is 262 Å². The van der Waals surface area contributed by atoms with Gasteiger partial charge in [-0.3, -0.25) is 37.3 Å². The molecule has 0 heterocycles. The van der Waals surface area contributed by atoms with E-state index in [1.54, 1.807) is 0 Å². The predicted octanol–water partition coefficient (Wildman–Crippen LogP) is 23.0. The van der Waals surface area contributed by atoms with Crippen LogP contribution in [0, 0.1) is 0 Å². The maximum absolute atomic E-state index is 13.1. The third-order valence-electron chi connectivity index (χ3n) is 15.6. The van der Waals surface area contributed by atoms with Crippen molar-refractivity contribution in [2.75, 3.05) is 39.6 Å². The van der Waals surface area contributed by atoms with Gasteiger partial charge in [-0.05, 0) is 167 Å². The molecule has 17 nitrogen and oxygen atoms in total. The molecule has 0 spiro atoms. The summed E-state index contributed by atoms with van der Waals surface area (Å²) in [5.74, 6) is -2.32. The molecule has 0 aromatic rings. The van der Waals surface area contributed by atoms with E-state index in [9.17, 15) is 43.2 Å². The van der Waals surface area contributed by atoms with Crippen LogP contribution in [0.4, 0.5) is 0 Å². The number of hydrogen-bond donors (Lipinski definition) is 3. The summed E-state index contributed by atoms with van der Waals surface area (Å²) < 4.78 is 68.5. The highest BCUT2D eigenvalue weighted by Gasteiger charge is 2.30. The van der Waals surface area contributed by atoms with Gasteiger partial charge in [0.25, 0.3) is 0 Å². The van der Waals surface area contributed by atoms with Crippen molar-refractivity contribution in [2.24, 2.45) is 0 Å². The van der Waals surface area contributed by atoms with Crippen LogP contribution >= 0.6 is 15.6 Å². The Labute approximate surface area is 629 Å². The first-order valence-corrected chi connectivity index (χ1v) is 42.4. The number of carbonyl (C=O) groups is 4. The van der Waals surface area contributed by atoms with Crippen LogP contribution in [0.15, 0.2) is 170 Å². The van der Waals surface area contributed by atoms with Crippen molar-refractivity contribution in [3.05, 3.63) is 170 Å². The Kier molecular flexibility index (Phi) is 71.6. The molecule has 0 amide bonds. The third kappa shape index (κ3) is 74.7. The minimum absolute atomic E-state index is 0.0601. The Bertz CT molecular complexity index is 2640. The Hall–Kier alpha value is -5.58. The Morgan fingerprint density at radius 1 is 0.279 bits per heavy atom. The lowest BCUT2D eigenvalue weighted by molar-refractivity contribution is -0.161. The van der Waals surface area contributed by atoms with Crippen LogP contribution in [0.1, 0.15) is 285 Å². The molecule has 0 aliphatic rings. The summed E-state index contributed by atoms with van der Waals surface area (Å²) >= 11 is 0. The zero-order valence-corrected chi connectivity index (χ0v) is 66.2. The summed E-state index contributed by atoms with van der Waals surface area (Å²) in [5, 5.41) is 10.6. The summed E-state index contributed by atoms with van der Waals surface area (Å²) in [5.41, 5.74) is 0. The highest BCUT2D eigenvalue weighted by Crippen LogP contribution is 2.45. The summed E-state index contributed by atoms with van der Waals surface area (Å²) in [4.78, 5) is 73.0. The monoisotopic (exact) mass is 1490 g/mol. The molecule has 0 aromatic heterocycles. The standard InChI is InChI=1S/C85H138O17P2/c1-5-9-13-17-21-25-29-33-36-38-39-41-44-47-50-54-58-62-66-70-83(88)95-75-80(101-84(89)71-67-63-59-55-51-45-32-28-24-20-16-12-8-4)77-99-103(91,92)97-73-79(86)74-98-104(93,94)100-78-81(102-85(90)72-68-64-60-56-52-48-42-35-31-27-23-19-15-11-7-3)76-96-82(87)69-65-61-57-53-49-46-43-40-37-34-30-26-22-18-14-10-6-2/h9-10,13-14,16,20-23,25-28,32-37,39,41-43,46-47,50,53,57,79-81,86H,5-8,11-12,15,17-19,24,29-31,38,40,44-45,48-49,51-52,54-56,58-78H2,1-4H3,(H,91,92)(H,93,94)/b13-9-,14-10-,20-16-,25-21-,26-22-,27-23-,32-28-,36-33-,37-34-,41-39-,42-35-,46-43-,50-47-,57-53-. The first kappa shape index (κ1) is 98.4. The van der Waals surface area contributed by atoms with Crippen LogP contribution in [0.25, 0.3) is 0 Å². The van der Waals surface area contributed by atoms with Gasteiger partial charge >= 0.3 is 39.5 Å². The number of aliphatic hydroxyl groups is 1. The second-order valence-corrected chi connectivity index (χ2v) is 28.4. The van der Waals surface area contributed by atoms with Gasteiger partial charge < -0.3 is 33.8 Å². The molecule has 19 heteroatoms. The van der Waals surface area contributed by atoms with Crippen molar-refractivity contribution in [1.29, 1.82) is 0 Å². The van der Waals surface area contributed by atoms with E-state index in [0.717, 1.165) is 180 Å². The second kappa shape index (κ2) is 75.6. The van der Waals surface area contributed by atoms with Crippen molar-refractivity contribution in [2.45, 2.75) is 303 Å². The predicted molar refractivity (Wildman–Crippen MR) is 426 cm³/mol. The summed E-state index contributed by atoms with van der Waals surface area (Å²) in [6.45, 7) is 4.40. The van der Waals surface area contributed by atoms with E-state index >= 15 is 0 Å². The topological polar surface area (TPSA) is 237 Å². The van der Waals surface area contributed by atoms with E-state index in [1.165, 1.54) is 19.3 Å². The average Bonchev–Trinajstić information content (AvgIpc) is 0.939. The van der Waals surface area contributed by atoms with E-state index in [0.29, 0.717) is 32.1 Å². The Balaban J connectivity index is 5.46. The smallest absolute Gasteiger partial charge is 0.462 e. The summed E-state index contributed by atoms with van der Waals surface area (Å²) in [7, 11) is -10.0. The molecule has 0 saturated carbocycles. The number of hydrogen-bond acceptors (Lipinski definition) is 15. The third-order valence-corrected chi connectivity index (χ3v) is 17.5. The second-order valence-electron chi connectivity index (χ2n) is 25.5. The number of unbranched alkanes of at least 4 members (excludes halogenated alkanes) is 18. The number of aliphatic hydroxyl groups excluding tert-OH is 1. The number of allylic oxidation sites excluding steroid dienone is 28. The van der Waals surface area contributed by atoms with Gasteiger partial charge in [0.05, 0.1) is 26.4 Å². The quantitative estimate of drug-likeness (QED) is 0.0169. The molecule has 5 atom stereocenters. The molecule has 0 rings (SSSR count). The van der Waals surface area contributed by atoms with Crippen molar-refractivity contribution in [3.8, 4) is 0 Å². The van der Waals surface area contributed by atoms with Crippen molar-refractivity contribution in [1.82, 2.24) is 0 Å².